The quantitative estimate of drug-likeness (QED) is 0.827. The molecular weight excluding hydrogens is 216 g/mol. The van der Waals surface area contributed by atoms with E-state index in [9.17, 15) is 5.11 Å². The highest BCUT2D eigenvalue weighted by molar-refractivity contribution is 7.08. The van der Waals surface area contributed by atoms with Gasteiger partial charge in [-0.3, -0.25) is 0 Å². The molecule has 1 heterocycles. The maximum Gasteiger partial charge on any atom is 0.0688 e. The monoisotopic (exact) mass is 224 g/mol. The lowest BCUT2D eigenvalue weighted by Gasteiger charge is -2.07. The summed E-state index contributed by atoms with van der Waals surface area (Å²) in [6, 6.07) is 7.58. The average Bonchev–Trinajstić information content (AvgIpc) is 2.70. The summed E-state index contributed by atoms with van der Waals surface area (Å²) < 4.78 is 0. The summed E-state index contributed by atoms with van der Waals surface area (Å²) in [4.78, 5) is 0. The predicted molar refractivity (Wildman–Crippen MR) is 60.7 cm³/mol. The van der Waals surface area contributed by atoms with Crippen LogP contribution in [0.4, 0.5) is 0 Å². The Bertz CT molecular complexity index is 423. The zero-order chi connectivity index (χ0) is 9.97. The van der Waals surface area contributed by atoms with E-state index in [1.165, 1.54) is 0 Å². The van der Waals surface area contributed by atoms with Gasteiger partial charge in [-0.15, -0.1) is 0 Å². The third-order valence-corrected chi connectivity index (χ3v) is 3.08. The van der Waals surface area contributed by atoms with Crippen molar-refractivity contribution < 1.29 is 5.11 Å². The van der Waals surface area contributed by atoms with Crippen molar-refractivity contribution in [2.24, 2.45) is 0 Å². The van der Waals surface area contributed by atoms with E-state index in [4.69, 9.17) is 11.6 Å². The Labute approximate surface area is 91.6 Å². The van der Waals surface area contributed by atoms with Gasteiger partial charge in [-0.1, -0.05) is 23.7 Å². The highest BCUT2D eigenvalue weighted by Crippen LogP contribution is 2.32. The largest absolute Gasteiger partial charge is 0.392 e. The first-order valence-corrected chi connectivity index (χ1v) is 5.56. The Morgan fingerprint density at radius 1 is 1.29 bits per heavy atom. The Balaban J connectivity index is 2.61. The summed E-state index contributed by atoms with van der Waals surface area (Å²) >= 11 is 7.72. The molecule has 0 saturated heterocycles. The fourth-order valence-corrected chi connectivity index (χ4v) is 2.38. The van der Waals surface area contributed by atoms with Crippen molar-refractivity contribution >= 4 is 22.9 Å². The Morgan fingerprint density at radius 3 is 2.79 bits per heavy atom. The van der Waals surface area contributed by atoms with Gasteiger partial charge in [0.2, 0.25) is 0 Å². The summed E-state index contributed by atoms with van der Waals surface area (Å²) in [5.41, 5.74) is 2.89. The van der Waals surface area contributed by atoms with Crippen LogP contribution in [-0.4, -0.2) is 5.11 Å². The van der Waals surface area contributed by atoms with Crippen molar-refractivity contribution in [2.45, 2.75) is 6.61 Å². The van der Waals surface area contributed by atoms with E-state index < -0.39 is 0 Å². The van der Waals surface area contributed by atoms with Gasteiger partial charge < -0.3 is 5.11 Å². The molecule has 0 saturated carbocycles. The minimum absolute atomic E-state index is 0.0196. The normalized spacial score (nSPS) is 10.4. The highest BCUT2D eigenvalue weighted by Gasteiger charge is 2.08. The molecule has 0 bridgehead atoms. The first-order chi connectivity index (χ1) is 6.83. The van der Waals surface area contributed by atoms with Gasteiger partial charge in [0, 0.05) is 10.6 Å². The van der Waals surface area contributed by atoms with Crippen molar-refractivity contribution in [2.75, 3.05) is 0 Å². The minimum atomic E-state index is 0.0196. The Hall–Kier alpha value is -0.830. The van der Waals surface area contributed by atoms with Gasteiger partial charge >= 0.3 is 0 Å². The molecular formula is C11H9ClOS. The number of aliphatic hydroxyl groups is 1. The molecule has 1 nitrogen and oxygen atoms in total. The summed E-state index contributed by atoms with van der Waals surface area (Å²) in [6.45, 7) is 0.0196. The number of benzene rings is 1. The molecule has 14 heavy (non-hydrogen) atoms. The molecule has 0 aliphatic heterocycles. The van der Waals surface area contributed by atoms with E-state index in [1.807, 2.05) is 35.0 Å². The number of thiophene rings is 1. The first-order valence-electron chi connectivity index (χ1n) is 4.23. The molecule has 0 spiro atoms. The summed E-state index contributed by atoms with van der Waals surface area (Å²) in [5.74, 6) is 0. The number of aliphatic hydroxyl groups excluding tert-OH is 1. The van der Waals surface area contributed by atoms with Gasteiger partial charge in [-0.05, 0) is 34.0 Å². The molecule has 3 heteroatoms. The standard InChI is InChI=1S/C11H9ClOS/c12-10-3-1-2-8(6-13)11(10)9-4-5-14-7-9/h1-5,7,13H,6H2. The van der Waals surface area contributed by atoms with E-state index in [-0.39, 0.29) is 6.61 Å². The van der Waals surface area contributed by atoms with E-state index >= 15 is 0 Å². The van der Waals surface area contributed by atoms with Crippen molar-refractivity contribution in [1.82, 2.24) is 0 Å². The first kappa shape index (κ1) is 9.71. The number of rotatable bonds is 2. The molecule has 1 N–H and O–H groups in total. The highest BCUT2D eigenvalue weighted by atomic mass is 35.5. The fraction of sp³-hybridized carbons (Fsp3) is 0.0909. The lowest BCUT2D eigenvalue weighted by molar-refractivity contribution is 0.282. The molecule has 0 aliphatic carbocycles. The van der Waals surface area contributed by atoms with Gasteiger partial charge in [-0.25, -0.2) is 0 Å². The molecule has 72 valence electrons. The molecule has 0 aliphatic rings. The van der Waals surface area contributed by atoms with E-state index in [0.717, 1.165) is 16.7 Å². The molecule has 1 aromatic carbocycles. The van der Waals surface area contributed by atoms with Gasteiger partial charge in [0.05, 0.1) is 6.61 Å². The maximum atomic E-state index is 9.19. The third-order valence-electron chi connectivity index (χ3n) is 2.08. The second kappa shape index (κ2) is 4.13. The van der Waals surface area contributed by atoms with Crippen LogP contribution in [0.3, 0.4) is 0 Å². The molecule has 0 unspecified atom stereocenters. The van der Waals surface area contributed by atoms with Crippen LogP contribution >= 0.6 is 22.9 Å². The zero-order valence-electron chi connectivity index (χ0n) is 7.40. The second-order valence-electron chi connectivity index (χ2n) is 2.94. The second-order valence-corrected chi connectivity index (χ2v) is 4.13. The molecule has 0 atom stereocenters. The zero-order valence-corrected chi connectivity index (χ0v) is 8.98. The minimum Gasteiger partial charge on any atom is -0.392 e. The van der Waals surface area contributed by atoms with E-state index in [1.54, 1.807) is 11.3 Å². The molecule has 2 aromatic rings. The number of halogens is 1. The Kier molecular flexibility index (Phi) is 2.87. The van der Waals surface area contributed by atoms with Crippen molar-refractivity contribution in [3.63, 3.8) is 0 Å². The smallest absolute Gasteiger partial charge is 0.0688 e. The van der Waals surface area contributed by atoms with Crippen LogP contribution in [0.15, 0.2) is 35.0 Å². The predicted octanol–water partition coefficient (Wildman–Crippen LogP) is 3.56. The van der Waals surface area contributed by atoms with Crippen LogP contribution in [0.1, 0.15) is 5.56 Å². The van der Waals surface area contributed by atoms with Crippen molar-refractivity contribution in [1.29, 1.82) is 0 Å². The van der Waals surface area contributed by atoms with Crippen LogP contribution in [0.5, 0.6) is 0 Å². The van der Waals surface area contributed by atoms with Crippen LogP contribution in [-0.2, 0) is 6.61 Å². The maximum absolute atomic E-state index is 9.19. The number of hydrogen-bond acceptors (Lipinski definition) is 2. The molecule has 0 amide bonds. The summed E-state index contributed by atoms with van der Waals surface area (Å²) in [6.07, 6.45) is 0. The van der Waals surface area contributed by atoms with Crippen LogP contribution in [0.2, 0.25) is 5.02 Å². The van der Waals surface area contributed by atoms with Crippen LogP contribution in [0.25, 0.3) is 11.1 Å². The van der Waals surface area contributed by atoms with Crippen molar-refractivity contribution in [3.8, 4) is 11.1 Å². The fourth-order valence-electron chi connectivity index (χ4n) is 1.43. The third kappa shape index (κ3) is 1.69. The van der Waals surface area contributed by atoms with Gasteiger partial charge in [0.1, 0.15) is 0 Å². The summed E-state index contributed by atoms with van der Waals surface area (Å²) in [7, 11) is 0. The SMILES string of the molecule is OCc1cccc(Cl)c1-c1ccsc1. The van der Waals surface area contributed by atoms with Crippen LogP contribution in [0, 0.1) is 0 Å². The van der Waals surface area contributed by atoms with E-state index in [2.05, 4.69) is 0 Å². The van der Waals surface area contributed by atoms with Gasteiger partial charge in [0.15, 0.2) is 0 Å². The molecule has 0 radical (unpaired) electrons. The molecule has 0 fully saturated rings. The lowest BCUT2D eigenvalue weighted by atomic mass is 10.0. The van der Waals surface area contributed by atoms with E-state index in [0.29, 0.717) is 5.02 Å². The van der Waals surface area contributed by atoms with Crippen LogP contribution < -0.4 is 0 Å². The Morgan fingerprint density at radius 2 is 2.14 bits per heavy atom. The van der Waals surface area contributed by atoms with Gasteiger partial charge in [0.25, 0.3) is 0 Å². The summed E-state index contributed by atoms with van der Waals surface area (Å²) in [5, 5.41) is 13.9. The molecule has 2 rings (SSSR count). The average molecular weight is 225 g/mol. The lowest BCUT2D eigenvalue weighted by Crippen LogP contribution is -1.88. The van der Waals surface area contributed by atoms with Crippen molar-refractivity contribution in [3.05, 3.63) is 45.6 Å². The molecule has 1 aromatic heterocycles. The van der Waals surface area contributed by atoms with Gasteiger partial charge in [-0.2, -0.15) is 11.3 Å². The number of hydrogen-bond donors (Lipinski definition) is 1. The topological polar surface area (TPSA) is 20.2 Å².